The van der Waals surface area contributed by atoms with Crippen LogP contribution in [0.4, 0.5) is 0 Å². The first kappa shape index (κ1) is 30.7. The molecule has 0 unspecified atom stereocenters. The molecule has 4 rings (SSSR count). The molecule has 0 aliphatic rings. The average Bonchev–Trinajstić information content (AvgIpc) is 3.29. The third-order valence-electron chi connectivity index (χ3n) is 7.10. The lowest BCUT2D eigenvalue weighted by Gasteiger charge is -2.11. The van der Waals surface area contributed by atoms with Gasteiger partial charge in [-0.25, -0.2) is 0 Å². The van der Waals surface area contributed by atoms with Gasteiger partial charge >= 0.3 is 11.9 Å². The molecule has 1 aromatic heterocycles. The van der Waals surface area contributed by atoms with E-state index in [0.29, 0.717) is 36.8 Å². The minimum Gasteiger partial charge on any atom is -0.494 e. The van der Waals surface area contributed by atoms with Crippen molar-refractivity contribution in [2.75, 3.05) is 13.2 Å². The van der Waals surface area contributed by atoms with E-state index in [1.807, 2.05) is 86.8 Å². The van der Waals surface area contributed by atoms with Gasteiger partial charge in [-0.3, -0.25) is 9.59 Å². The number of hydrogen-bond acceptors (Lipinski definition) is 4. The molecule has 0 spiro atoms. The fraction of sp³-hybridized carbons (Fsp3) is 0.294. The van der Waals surface area contributed by atoms with Gasteiger partial charge in [0, 0.05) is 18.0 Å². The second-order valence-corrected chi connectivity index (χ2v) is 10.7. The zero-order valence-electron chi connectivity index (χ0n) is 23.9. The van der Waals surface area contributed by atoms with Gasteiger partial charge < -0.3 is 24.3 Å². The molecule has 8 heteroatoms. The summed E-state index contributed by atoms with van der Waals surface area (Å²) in [6, 6.07) is 17.6. The number of carbonyl (C=O) groups is 2. The van der Waals surface area contributed by atoms with Crippen molar-refractivity contribution in [2.45, 2.75) is 52.5 Å². The van der Waals surface area contributed by atoms with E-state index < -0.39 is 11.9 Å². The third kappa shape index (κ3) is 8.40. The van der Waals surface area contributed by atoms with Crippen LogP contribution in [0, 0.1) is 13.8 Å². The van der Waals surface area contributed by atoms with E-state index in [2.05, 4.69) is 0 Å². The number of carboxylic acids is 2. The molecular formula is C34H36ClNO6. The number of carboxylic acid groups (broad SMARTS) is 2. The van der Waals surface area contributed by atoms with Crippen molar-refractivity contribution in [3.63, 3.8) is 0 Å². The monoisotopic (exact) mass is 589 g/mol. The van der Waals surface area contributed by atoms with Crippen LogP contribution in [0.15, 0.2) is 60.8 Å². The zero-order valence-corrected chi connectivity index (χ0v) is 24.7. The molecular weight excluding hydrogens is 554 g/mol. The topological polar surface area (TPSA) is 98.0 Å². The fourth-order valence-corrected chi connectivity index (χ4v) is 5.07. The highest BCUT2D eigenvalue weighted by molar-refractivity contribution is 6.32. The number of aliphatic carboxylic acids is 2. The summed E-state index contributed by atoms with van der Waals surface area (Å²) in [5, 5.41) is 20.0. The molecule has 1 heterocycles. The van der Waals surface area contributed by atoms with Crippen LogP contribution in [0.25, 0.3) is 23.1 Å². The van der Waals surface area contributed by atoms with Gasteiger partial charge in [-0.1, -0.05) is 54.1 Å². The maximum atomic E-state index is 11.5. The number of aryl methyl sites for hydroxylation is 3. The summed E-state index contributed by atoms with van der Waals surface area (Å²) in [6.07, 6.45) is 8.61. The van der Waals surface area contributed by atoms with E-state index in [-0.39, 0.29) is 13.0 Å². The minimum absolute atomic E-state index is 0.0718. The predicted octanol–water partition coefficient (Wildman–Crippen LogP) is 7.81. The van der Waals surface area contributed by atoms with Gasteiger partial charge in [0.05, 0.1) is 23.8 Å². The van der Waals surface area contributed by atoms with Crippen molar-refractivity contribution in [2.24, 2.45) is 0 Å². The fourth-order valence-electron chi connectivity index (χ4n) is 4.80. The van der Waals surface area contributed by atoms with Gasteiger partial charge in [0.25, 0.3) is 0 Å². The van der Waals surface area contributed by atoms with E-state index >= 15 is 0 Å². The third-order valence-corrected chi connectivity index (χ3v) is 7.40. The Balaban J connectivity index is 1.33. The number of unbranched alkanes of at least 4 members (excludes halogenated alkanes) is 1. The first-order valence-electron chi connectivity index (χ1n) is 14.1. The number of nitrogens with zero attached hydrogens (tertiary/aromatic N) is 1. The molecule has 7 nitrogen and oxygen atoms in total. The van der Waals surface area contributed by atoms with Gasteiger partial charge in [0.2, 0.25) is 0 Å². The number of para-hydroxylation sites is 1. The Morgan fingerprint density at radius 3 is 2.31 bits per heavy atom. The molecule has 0 aliphatic heterocycles. The van der Waals surface area contributed by atoms with E-state index in [1.165, 1.54) is 0 Å². The summed E-state index contributed by atoms with van der Waals surface area (Å²) in [4.78, 5) is 22.5. The second kappa shape index (κ2) is 14.6. The highest BCUT2D eigenvalue weighted by Gasteiger charge is 2.13. The van der Waals surface area contributed by atoms with E-state index in [9.17, 15) is 14.7 Å². The lowest BCUT2D eigenvalue weighted by molar-refractivity contribution is -0.138. The number of rotatable bonds is 15. The van der Waals surface area contributed by atoms with Crippen LogP contribution in [0.3, 0.4) is 0 Å². The number of ether oxygens (including phenoxy) is 2. The summed E-state index contributed by atoms with van der Waals surface area (Å²) >= 11 is 6.28. The molecule has 0 atom stereocenters. The molecule has 0 saturated heterocycles. The van der Waals surface area contributed by atoms with E-state index in [1.54, 1.807) is 4.57 Å². The van der Waals surface area contributed by atoms with E-state index in [0.717, 1.165) is 57.3 Å². The Kier molecular flexibility index (Phi) is 10.7. The molecule has 0 fully saturated rings. The standard InChI is InChI=1S/C34H36ClNO6/c1-23-19-30(35)31(20-24(23)2)42-18-4-3-17-41-28-15-12-25(13-16-28)11-14-26-7-5-9-29-27(8-6-10-32(37)38)21-36(34(26)29)22-33(39)40/h5,7,9,11-16,19-21H,3-4,6,8,10,17-18,22H2,1-2H3,(H,37,38)(H,39,40)/b14-11+. The Morgan fingerprint density at radius 1 is 0.881 bits per heavy atom. The first-order chi connectivity index (χ1) is 20.2. The van der Waals surface area contributed by atoms with Gasteiger partial charge in [0.1, 0.15) is 18.0 Å². The van der Waals surface area contributed by atoms with Crippen LogP contribution in [-0.2, 0) is 22.6 Å². The highest BCUT2D eigenvalue weighted by atomic mass is 35.5. The Hall–Kier alpha value is -4.23. The first-order valence-corrected chi connectivity index (χ1v) is 14.4. The summed E-state index contributed by atoms with van der Waals surface area (Å²) in [5.74, 6) is -0.272. The Bertz CT molecular complexity index is 1570. The van der Waals surface area contributed by atoms with E-state index in [4.69, 9.17) is 26.2 Å². The number of benzene rings is 3. The average molecular weight is 590 g/mol. The maximum Gasteiger partial charge on any atom is 0.323 e. The highest BCUT2D eigenvalue weighted by Crippen LogP contribution is 2.29. The van der Waals surface area contributed by atoms with Crippen LogP contribution in [0.5, 0.6) is 11.5 Å². The van der Waals surface area contributed by atoms with Gasteiger partial charge in [-0.2, -0.15) is 0 Å². The number of aromatic nitrogens is 1. The quantitative estimate of drug-likeness (QED) is 0.108. The van der Waals surface area contributed by atoms with Crippen molar-refractivity contribution in [1.82, 2.24) is 4.57 Å². The molecule has 0 aliphatic carbocycles. The molecule has 0 amide bonds. The summed E-state index contributed by atoms with van der Waals surface area (Å²) in [7, 11) is 0. The molecule has 0 bridgehead atoms. The predicted molar refractivity (Wildman–Crippen MR) is 167 cm³/mol. The molecule has 4 aromatic rings. The minimum atomic E-state index is -0.934. The summed E-state index contributed by atoms with van der Waals surface area (Å²) in [6.45, 7) is 5.05. The van der Waals surface area contributed by atoms with Crippen molar-refractivity contribution in [3.8, 4) is 11.5 Å². The zero-order chi connectivity index (χ0) is 30.1. The number of hydrogen-bond donors (Lipinski definition) is 2. The smallest absolute Gasteiger partial charge is 0.323 e. The Labute approximate surface area is 251 Å². The lowest BCUT2D eigenvalue weighted by Crippen LogP contribution is -2.07. The number of fused-ring (bicyclic) bond motifs is 1. The summed E-state index contributed by atoms with van der Waals surface area (Å²) in [5.41, 5.74) is 5.94. The number of halogens is 1. The van der Waals surface area contributed by atoms with Crippen LogP contribution in [-0.4, -0.2) is 39.9 Å². The maximum absolute atomic E-state index is 11.5. The lowest BCUT2D eigenvalue weighted by atomic mass is 10.0. The largest absolute Gasteiger partial charge is 0.494 e. The van der Waals surface area contributed by atoms with Crippen molar-refractivity contribution >= 4 is 46.6 Å². The summed E-state index contributed by atoms with van der Waals surface area (Å²) < 4.78 is 13.5. The molecule has 2 N–H and O–H groups in total. The normalized spacial score (nSPS) is 11.3. The van der Waals surface area contributed by atoms with Gasteiger partial charge in [0.15, 0.2) is 0 Å². The van der Waals surface area contributed by atoms with Gasteiger partial charge in [-0.05, 0) is 91.6 Å². The van der Waals surface area contributed by atoms with Crippen molar-refractivity contribution < 1.29 is 29.3 Å². The molecule has 3 aromatic carbocycles. The van der Waals surface area contributed by atoms with Crippen LogP contribution < -0.4 is 9.47 Å². The molecule has 0 saturated carbocycles. The molecule has 220 valence electrons. The van der Waals surface area contributed by atoms with Crippen LogP contribution in [0.2, 0.25) is 5.02 Å². The van der Waals surface area contributed by atoms with Crippen LogP contribution >= 0.6 is 11.6 Å². The van der Waals surface area contributed by atoms with Crippen molar-refractivity contribution in [3.05, 3.63) is 93.6 Å². The van der Waals surface area contributed by atoms with Crippen molar-refractivity contribution in [1.29, 1.82) is 0 Å². The second-order valence-electron chi connectivity index (χ2n) is 10.3. The van der Waals surface area contributed by atoms with Gasteiger partial charge in [-0.15, -0.1) is 0 Å². The molecule has 0 radical (unpaired) electrons. The Morgan fingerprint density at radius 2 is 1.60 bits per heavy atom. The molecule has 42 heavy (non-hydrogen) atoms. The van der Waals surface area contributed by atoms with Crippen LogP contribution in [0.1, 0.15) is 53.5 Å². The SMILES string of the molecule is Cc1cc(Cl)c(OCCCCOc2ccc(/C=C/c3cccc4c(CCCC(=O)O)cn(CC(=O)O)c34)cc2)cc1C.